The Morgan fingerprint density at radius 1 is 1.54 bits per heavy atom. The summed E-state index contributed by atoms with van der Waals surface area (Å²) in [7, 11) is 0. The number of hydrogen-bond acceptors (Lipinski definition) is 4. The van der Waals surface area contributed by atoms with Crippen LogP contribution in [-0.2, 0) is 0 Å². The quantitative estimate of drug-likeness (QED) is 0.696. The molecule has 0 amide bonds. The summed E-state index contributed by atoms with van der Waals surface area (Å²) in [5, 5.41) is 3.28. The van der Waals surface area contributed by atoms with E-state index >= 15 is 0 Å². The third-order valence-electron chi connectivity index (χ3n) is 2.24. The summed E-state index contributed by atoms with van der Waals surface area (Å²) in [5.41, 5.74) is 7.56. The Kier molecular flexibility index (Phi) is 1.92. The molecule has 4 heteroatoms. The average Bonchev–Trinajstić information content (AvgIpc) is 2.75. The molecule has 4 nitrogen and oxygen atoms in total. The van der Waals surface area contributed by atoms with E-state index in [1.54, 1.807) is 6.20 Å². The molecule has 2 unspecified atom stereocenters. The van der Waals surface area contributed by atoms with Gasteiger partial charge in [0.15, 0.2) is 0 Å². The molecule has 0 bridgehead atoms. The lowest BCUT2D eigenvalue weighted by Gasteiger charge is -2.06. The molecular weight excluding hydrogens is 164 g/mol. The van der Waals surface area contributed by atoms with E-state index in [4.69, 9.17) is 5.73 Å². The minimum atomic E-state index is 0.293. The van der Waals surface area contributed by atoms with Crippen molar-refractivity contribution >= 4 is 5.82 Å². The summed E-state index contributed by atoms with van der Waals surface area (Å²) in [5.74, 6) is 0.873. The zero-order valence-corrected chi connectivity index (χ0v) is 7.91. The van der Waals surface area contributed by atoms with E-state index in [0.29, 0.717) is 12.1 Å². The fourth-order valence-electron chi connectivity index (χ4n) is 1.23. The van der Waals surface area contributed by atoms with Gasteiger partial charge in [0.1, 0.15) is 5.82 Å². The Labute approximate surface area is 77.6 Å². The molecule has 0 aliphatic heterocycles. The molecule has 1 saturated carbocycles. The summed E-state index contributed by atoms with van der Waals surface area (Å²) in [4.78, 5) is 8.58. The highest BCUT2D eigenvalue weighted by Gasteiger charge is 2.33. The van der Waals surface area contributed by atoms with Crippen molar-refractivity contribution in [2.24, 2.45) is 5.73 Å². The lowest BCUT2D eigenvalue weighted by atomic mass is 10.4. The predicted molar refractivity (Wildman–Crippen MR) is 51.5 cm³/mol. The Morgan fingerprint density at radius 3 is 2.85 bits per heavy atom. The Hall–Kier alpha value is -1.16. The van der Waals surface area contributed by atoms with Gasteiger partial charge < -0.3 is 11.1 Å². The van der Waals surface area contributed by atoms with E-state index in [2.05, 4.69) is 15.3 Å². The first-order chi connectivity index (χ1) is 6.16. The summed E-state index contributed by atoms with van der Waals surface area (Å²) >= 11 is 0. The van der Waals surface area contributed by atoms with Crippen LogP contribution >= 0.6 is 0 Å². The minimum absolute atomic E-state index is 0.293. The van der Waals surface area contributed by atoms with Crippen LogP contribution in [0.4, 0.5) is 5.82 Å². The molecule has 1 aliphatic carbocycles. The van der Waals surface area contributed by atoms with Crippen LogP contribution in [0.1, 0.15) is 17.8 Å². The molecule has 0 aromatic carbocycles. The van der Waals surface area contributed by atoms with E-state index < -0.39 is 0 Å². The molecule has 2 rings (SSSR count). The van der Waals surface area contributed by atoms with Gasteiger partial charge in [-0.25, -0.2) is 4.98 Å². The first kappa shape index (κ1) is 8.44. The van der Waals surface area contributed by atoms with E-state index in [-0.39, 0.29) is 0 Å². The topological polar surface area (TPSA) is 63.8 Å². The predicted octanol–water partition coefficient (Wildman–Crippen LogP) is 0.605. The average molecular weight is 178 g/mol. The van der Waals surface area contributed by atoms with Gasteiger partial charge in [-0.15, -0.1) is 0 Å². The molecule has 1 aromatic rings. The number of hydrogen-bond donors (Lipinski definition) is 2. The molecule has 1 aromatic heterocycles. The van der Waals surface area contributed by atoms with Gasteiger partial charge in [-0.05, 0) is 20.3 Å². The normalized spacial score (nSPS) is 25.8. The minimum Gasteiger partial charge on any atom is -0.364 e. The number of nitrogens with zero attached hydrogens (tertiary/aromatic N) is 2. The second-order valence-corrected chi connectivity index (χ2v) is 3.60. The van der Waals surface area contributed by atoms with E-state index in [1.807, 2.05) is 13.8 Å². The van der Waals surface area contributed by atoms with Crippen LogP contribution in [-0.4, -0.2) is 22.1 Å². The van der Waals surface area contributed by atoms with Crippen molar-refractivity contribution in [3.63, 3.8) is 0 Å². The van der Waals surface area contributed by atoms with E-state index in [1.165, 1.54) is 0 Å². The highest BCUT2D eigenvalue weighted by molar-refractivity contribution is 5.42. The molecule has 0 spiro atoms. The number of rotatable bonds is 2. The number of nitrogens with one attached hydrogen (secondary N) is 1. The van der Waals surface area contributed by atoms with Crippen LogP contribution in [0.3, 0.4) is 0 Å². The van der Waals surface area contributed by atoms with E-state index in [9.17, 15) is 0 Å². The summed E-state index contributed by atoms with van der Waals surface area (Å²) in [6.45, 7) is 3.88. The van der Waals surface area contributed by atoms with E-state index in [0.717, 1.165) is 23.6 Å². The van der Waals surface area contributed by atoms with Gasteiger partial charge in [0.2, 0.25) is 0 Å². The molecule has 13 heavy (non-hydrogen) atoms. The third-order valence-corrected chi connectivity index (χ3v) is 2.24. The van der Waals surface area contributed by atoms with Gasteiger partial charge in [-0.3, -0.25) is 4.98 Å². The van der Waals surface area contributed by atoms with Crippen molar-refractivity contribution in [3.05, 3.63) is 17.6 Å². The maximum absolute atomic E-state index is 5.69. The van der Waals surface area contributed by atoms with Crippen molar-refractivity contribution in [2.45, 2.75) is 32.4 Å². The third kappa shape index (κ3) is 1.78. The molecular formula is C9H14N4. The number of aryl methyl sites for hydroxylation is 2. The zero-order chi connectivity index (χ0) is 9.42. The van der Waals surface area contributed by atoms with Crippen molar-refractivity contribution in [2.75, 3.05) is 5.32 Å². The lowest BCUT2D eigenvalue weighted by Crippen LogP contribution is -2.15. The molecule has 1 aliphatic rings. The van der Waals surface area contributed by atoms with Crippen molar-refractivity contribution in [1.82, 2.24) is 9.97 Å². The molecule has 1 fully saturated rings. The van der Waals surface area contributed by atoms with Crippen LogP contribution < -0.4 is 11.1 Å². The lowest BCUT2D eigenvalue weighted by molar-refractivity contribution is 0.970. The van der Waals surface area contributed by atoms with Crippen LogP contribution in [0.25, 0.3) is 0 Å². The molecule has 0 radical (unpaired) electrons. The summed E-state index contributed by atoms with van der Waals surface area (Å²) < 4.78 is 0. The van der Waals surface area contributed by atoms with Gasteiger partial charge in [-0.2, -0.15) is 0 Å². The molecule has 1 heterocycles. The zero-order valence-electron chi connectivity index (χ0n) is 7.91. The van der Waals surface area contributed by atoms with Gasteiger partial charge in [-0.1, -0.05) is 0 Å². The highest BCUT2D eigenvalue weighted by atomic mass is 15.1. The van der Waals surface area contributed by atoms with Crippen molar-refractivity contribution < 1.29 is 0 Å². The van der Waals surface area contributed by atoms with Crippen molar-refractivity contribution in [3.8, 4) is 0 Å². The monoisotopic (exact) mass is 178 g/mol. The maximum Gasteiger partial charge on any atom is 0.148 e. The molecule has 0 saturated heterocycles. The molecule has 70 valence electrons. The maximum atomic E-state index is 5.69. The van der Waals surface area contributed by atoms with Crippen LogP contribution in [0.5, 0.6) is 0 Å². The highest BCUT2D eigenvalue weighted by Crippen LogP contribution is 2.23. The van der Waals surface area contributed by atoms with Crippen molar-refractivity contribution in [1.29, 1.82) is 0 Å². The SMILES string of the molecule is Cc1cnc(C)c(NC2CC2N)n1. The molecule has 2 atom stereocenters. The fourth-order valence-corrected chi connectivity index (χ4v) is 1.23. The summed E-state index contributed by atoms with van der Waals surface area (Å²) in [6.07, 6.45) is 2.81. The molecule has 3 N–H and O–H groups in total. The number of nitrogens with two attached hydrogens (primary N) is 1. The first-order valence-electron chi connectivity index (χ1n) is 4.49. The van der Waals surface area contributed by atoms with Crippen LogP contribution in [0, 0.1) is 13.8 Å². The Morgan fingerprint density at radius 2 is 2.23 bits per heavy atom. The van der Waals surface area contributed by atoms with Gasteiger partial charge in [0, 0.05) is 18.3 Å². The first-order valence-corrected chi connectivity index (χ1v) is 4.49. The standard InChI is InChI=1S/C9H14N4/c1-5-4-11-6(2)9(12-5)13-8-3-7(8)10/h4,7-8H,3,10H2,1-2H3,(H,12,13). The van der Waals surface area contributed by atoms with Crippen LogP contribution in [0.15, 0.2) is 6.20 Å². The second-order valence-electron chi connectivity index (χ2n) is 3.60. The summed E-state index contributed by atoms with van der Waals surface area (Å²) in [6, 6.07) is 0.691. The smallest absolute Gasteiger partial charge is 0.148 e. The number of anilines is 1. The Balaban J connectivity index is 2.14. The van der Waals surface area contributed by atoms with Gasteiger partial charge in [0.25, 0.3) is 0 Å². The fraction of sp³-hybridized carbons (Fsp3) is 0.556. The van der Waals surface area contributed by atoms with Crippen LogP contribution in [0.2, 0.25) is 0 Å². The van der Waals surface area contributed by atoms with Gasteiger partial charge in [0.05, 0.1) is 11.4 Å². The number of aromatic nitrogens is 2. The van der Waals surface area contributed by atoms with Gasteiger partial charge >= 0.3 is 0 Å². The second kappa shape index (κ2) is 2.96. The largest absolute Gasteiger partial charge is 0.364 e. The Bertz CT molecular complexity index is 323.